The maximum atomic E-state index is 13.3. The van der Waals surface area contributed by atoms with E-state index in [2.05, 4.69) is 23.3 Å². The smallest absolute Gasteiger partial charge is 0.242 e. The summed E-state index contributed by atoms with van der Waals surface area (Å²) in [6.45, 7) is 0. The lowest BCUT2D eigenvalue weighted by Gasteiger charge is -2.15. The minimum absolute atomic E-state index is 0. The predicted octanol–water partition coefficient (Wildman–Crippen LogP) is 4.87. The molecule has 0 aliphatic carbocycles. The van der Waals surface area contributed by atoms with Gasteiger partial charge in [-0.05, 0) is 34.5 Å². The van der Waals surface area contributed by atoms with Crippen molar-refractivity contribution >= 4 is 64.8 Å². The summed E-state index contributed by atoms with van der Waals surface area (Å²) in [5.41, 5.74) is 8.10. The quantitative estimate of drug-likeness (QED) is 0.197. The highest BCUT2D eigenvalue weighted by Gasteiger charge is 2.18. The van der Waals surface area contributed by atoms with Crippen molar-refractivity contribution in [2.24, 2.45) is 5.73 Å². The largest absolute Gasteiger partial charge is 0.325 e. The van der Waals surface area contributed by atoms with Crippen LogP contribution in [0.2, 0.25) is 0 Å². The molecule has 6 nitrogen and oxygen atoms in total. The third-order valence-electron chi connectivity index (χ3n) is 5.55. The Kier molecular flexibility index (Phi) is 9.25. The summed E-state index contributed by atoms with van der Waals surface area (Å²) in [5.74, 6) is -0.756. The fourth-order valence-corrected chi connectivity index (χ4v) is 3.88. The van der Waals surface area contributed by atoms with Gasteiger partial charge in [-0.3, -0.25) is 14.4 Å². The number of thiol groups is 1. The van der Waals surface area contributed by atoms with Crippen molar-refractivity contribution in [3.63, 3.8) is 0 Å². The molecule has 0 aromatic heterocycles. The van der Waals surface area contributed by atoms with E-state index in [4.69, 9.17) is 5.73 Å². The zero-order valence-electron chi connectivity index (χ0n) is 19.3. The second-order valence-corrected chi connectivity index (χ2v) is 8.51. The molecular weight excluding hydrogens is 494 g/mol. The number of benzene rings is 4. The number of carbonyl (C=O) groups excluding carboxylic acids is 3. The maximum absolute atomic E-state index is 13.3. The number of amides is 2. The molecule has 4 N–H and O–H groups in total. The highest BCUT2D eigenvalue weighted by Crippen LogP contribution is 2.25. The molecule has 4 aromatic carbocycles. The third-order valence-corrected chi connectivity index (χ3v) is 5.95. The van der Waals surface area contributed by atoms with Gasteiger partial charge in [0.2, 0.25) is 11.8 Å². The molecule has 8 heteroatoms. The molecule has 2 amide bonds. The maximum Gasteiger partial charge on any atom is 0.242 e. The Morgan fingerprint density at radius 2 is 1.50 bits per heavy atom. The number of nitrogens with one attached hydrogen (secondary N) is 2. The van der Waals surface area contributed by atoms with Crippen molar-refractivity contribution in [1.82, 2.24) is 0 Å². The lowest BCUT2D eigenvalue weighted by molar-refractivity contribution is -0.117. The SMILES string of the molecule is Cl.N[C@@H](CS)C(=O)Nc1ccc(NC(=O)Cc2ccc3ccccc3c2)c(C(=O)c2ccccc2)c1. The van der Waals surface area contributed by atoms with Crippen molar-refractivity contribution in [2.45, 2.75) is 12.5 Å². The lowest BCUT2D eigenvalue weighted by Crippen LogP contribution is -2.37. The van der Waals surface area contributed by atoms with E-state index in [1.54, 1.807) is 42.5 Å². The highest BCUT2D eigenvalue weighted by molar-refractivity contribution is 7.80. The van der Waals surface area contributed by atoms with Crippen LogP contribution in [0, 0.1) is 0 Å². The van der Waals surface area contributed by atoms with Gasteiger partial charge >= 0.3 is 0 Å². The van der Waals surface area contributed by atoms with Crippen LogP contribution < -0.4 is 16.4 Å². The lowest BCUT2D eigenvalue weighted by atomic mass is 10.0. The van der Waals surface area contributed by atoms with Crippen molar-refractivity contribution in [1.29, 1.82) is 0 Å². The van der Waals surface area contributed by atoms with Crippen molar-refractivity contribution < 1.29 is 14.4 Å². The van der Waals surface area contributed by atoms with Crippen LogP contribution in [0.25, 0.3) is 10.8 Å². The Bertz CT molecular complexity index is 1400. The normalized spacial score (nSPS) is 11.3. The first-order chi connectivity index (χ1) is 16.9. The summed E-state index contributed by atoms with van der Waals surface area (Å²) in [5, 5.41) is 7.71. The summed E-state index contributed by atoms with van der Waals surface area (Å²) >= 11 is 4.05. The Balaban J connectivity index is 0.00000361. The zero-order chi connectivity index (χ0) is 24.8. The molecule has 0 unspecified atom stereocenters. The number of hydrogen-bond donors (Lipinski definition) is 4. The molecular formula is C28H26ClN3O3S. The van der Waals surface area contributed by atoms with E-state index in [0.717, 1.165) is 16.3 Å². The summed E-state index contributed by atoms with van der Waals surface area (Å²) < 4.78 is 0. The molecule has 0 aliphatic heterocycles. The molecule has 0 radical (unpaired) electrons. The number of fused-ring (bicyclic) bond motifs is 1. The van der Waals surface area contributed by atoms with Crippen molar-refractivity contribution in [2.75, 3.05) is 16.4 Å². The van der Waals surface area contributed by atoms with Crippen LogP contribution in [0.4, 0.5) is 11.4 Å². The topological polar surface area (TPSA) is 101 Å². The van der Waals surface area contributed by atoms with Crippen LogP contribution in [0.15, 0.2) is 91.0 Å². The molecule has 0 bridgehead atoms. The van der Waals surface area contributed by atoms with E-state index in [-0.39, 0.29) is 41.8 Å². The van der Waals surface area contributed by atoms with Crippen LogP contribution in [0.3, 0.4) is 0 Å². The Morgan fingerprint density at radius 3 is 2.22 bits per heavy atom. The van der Waals surface area contributed by atoms with E-state index in [0.29, 0.717) is 16.9 Å². The number of anilines is 2. The Hall–Kier alpha value is -3.65. The van der Waals surface area contributed by atoms with E-state index in [1.165, 1.54) is 0 Å². The second-order valence-electron chi connectivity index (χ2n) is 8.14. The van der Waals surface area contributed by atoms with E-state index >= 15 is 0 Å². The van der Waals surface area contributed by atoms with Gasteiger partial charge in [0.25, 0.3) is 0 Å². The molecule has 36 heavy (non-hydrogen) atoms. The van der Waals surface area contributed by atoms with Crippen molar-refractivity contribution in [3.8, 4) is 0 Å². The van der Waals surface area contributed by atoms with Gasteiger partial charge in [-0.2, -0.15) is 12.6 Å². The fourth-order valence-electron chi connectivity index (χ4n) is 3.71. The zero-order valence-corrected chi connectivity index (χ0v) is 21.0. The third kappa shape index (κ3) is 6.51. The summed E-state index contributed by atoms with van der Waals surface area (Å²) in [4.78, 5) is 38.4. The molecule has 0 spiro atoms. The Morgan fingerprint density at radius 1 is 0.806 bits per heavy atom. The van der Waals surface area contributed by atoms with E-state index < -0.39 is 11.9 Å². The Labute approximate surface area is 221 Å². The second kappa shape index (κ2) is 12.4. The van der Waals surface area contributed by atoms with Crippen LogP contribution in [0.5, 0.6) is 0 Å². The minimum atomic E-state index is -0.784. The molecule has 184 valence electrons. The molecule has 4 rings (SSSR count). The predicted molar refractivity (Wildman–Crippen MR) is 150 cm³/mol. The number of nitrogens with two attached hydrogens (primary N) is 1. The average Bonchev–Trinajstić information content (AvgIpc) is 2.89. The van der Waals surface area contributed by atoms with Crippen LogP contribution in [0.1, 0.15) is 21.5 Å². The molecule has 0 saturated carbocycles. The standard InChI is InChI=1S/C28H25N3O3S.ClH/c29-24(17-35)28(34)30-22-12-13-25(23(16-22)27(33)20-7-2-1-3-8-20)31-26(32)15-18-10-11-19-6-4-5-9-21(19)14-18;/h1-14,16,24,35H,15,17,29H2,(H,30,34)(H,31,32);1H/t24-;/m0./s1. The first-order valence-electron chi connectivity index (χ1n) is 11.1. The van der Waals surface area contributed by atoms with Crippen LogP contribution >= 0.6 is 25.0 Å². The van der Waals surface area contributed by atoms with Gasteiger partial charge in [0.1, 0.15) is 0 Å². The van der Waals surface area contributed by atoms with Crippen molar-refractivity contribution in [3.05, 3.63) is 108 Å². The summed E-state index contributed by atoms with van der Waals surface area (Å²) in [6, 6.07) is 26.6. The molecule has 0 fully saturated rings. The number of carbonyl (C=O) groups is 3. The van der Waals surface area contributed by atoms with Gasteiger partial charge < -0.3 is 16.4 Å². The summed E-state index contributed by atoms with van der Waals surface area (Å²) in [6.07, 6.45) is 0.152. The van der Waals surface area contributed by atoms with Gasteiger partial charge in [-0.1, -0.05) is 72.8 Å². The van der Waals surface area contributed by atoms with Gasteiger partial charge in [0, 0.05) is 22.6 Å². The average molecular weight is 520 g/mol. The van der Waals surface area contributed by atoms with Gasteiger partial charge in [0.15, 0.2) is 5.78 Å². The van der Waals surface area contributed by atoms with E-state index in [1.807, 2.05) is 48.5 Å². The summed E-state index contributed by atoms with van der Waals surface area (Å²) in [7, 11) is 0. The number of ketones is 1. The van der Waals surface area contributed by atoms with Gasteiger partial charge in [-0.15, -0.1) is 12.4 Å². The first kappa shape index (κ1) is 26.9. The molecule has 0 saturated heterocycles. The van der Waals surface area contributed by atoms with Crippen LogP contribution in [-0.4, -0.2) is 29.4 Å². The number of halogens is 1. The minimum Gasteiger partial charge on any atom is -0.325 e. The number of rotatable bonds is 8. The molecule has 1 atom stereocenters. The van der Waals surface area contributed by atoms with E-state index in [9.17, 15) is 14.4 Å². The molecule has 4 aromatic rings. The number of hydrogen-bond acceptors (Lipinski definition) is 5. The molecule has 0 aliphatic rings. The monoisotopic (exact) mass is 519 g/mol. The van der Waals surface area contributed by atoms with Crippen LogP contribution in [-0.2, 0) is 16.0 Å². The van der Waals surface area contributed by atoms with Gasteiger partial charge in [-0.25, -0.2) is 0 Å². The van der Waals surface area contributed by atoms with Gasteiger partial charge in [0.05, 0.1) is 18.2 Å². The fraction of sp³-hybridized carbons (Fsp3) is 0.107. The highest BCUT2D eigenvalue weighted by atomic mass is 35.5. The first-order valence-corrected chi connectivity index (χ1v) is 11.8. The molecule has 0 heterocycles.